The zero-order chi connectivity index (χ0) is 13.1. The molecule has 0 aliphatic heterocycles. The van der Waals surface area contributed by atoms with Crippen molar-refractivity contribution in [1.29, 1.82) is 0 Å². The summed E-state index contributed by atoms with van der Waals surface area (Å²) >= 11 is 3.40. The normalized spacial score (nSPS) is 10.4. The monoisotopic (exact) mass is 308 g/mol. The van der Waals surface area contributed by atoms with Crippen LogP contribution in [-0.2, 0) is 6.54 Å². The second-order valence-electron chi connectivity index (χ2n) is 4.23. The van der Waals surface area contributed by atoms with Gasteiger partial charge in [0, 0.05) is 29.4 Å². The van der Waals surface area contributed by atoms with Crippen LogP contribution in [0.25, 0.3) is 0 Å². The summed E-state index contributed by atoms with van der Waals surface area (Å²) < 4.78 is 14.3. The summed E-state index contributed by atoms with van der Waals surface area (Å²) in [5.41, 5.74) is 8.00. The zero-order valence-electron chi connectivity index (χ0n) is 10.0. The highest BCUT2D eigenvalue weighted by Gasteiger charge is 2.05. The first-order valence-corrected chi connectivity index (χ1v) is 6.35. The third-order valence-electron chi connectivity index (χ3n) is 2.68. The van der Waals surface area contributed by atoms with Gasteiger partial charge in [-0.25, -0.2) is 4.39 Å². The molecule has 0 amide bonds. The summed E-state index contributed by atoms with van der Waals surface area (Å²) in [6, 6.07) is 12.6. The molecule has 18 heavy (non-hydrogen) atoms. The molecule has 4 heteroatoms. The Morgan fingerprint density at radius 2 is 1.83 bits per heavy atom. The molecule has 0 atom stereocenters. The van der Waals surface area contributed by atoms with Gasteiger partial charge in [0.1, 0.15) is 5.82 Å². The van der Waals surface area contributed by atoms with Crippen molar-refractivity contribution < 1.29 is 4.39 Å². The molecule has 2 N–H and O–H groups in total. The van der Waals surface area contributed by atoms with Gasteiger partial charge in [-0.3, -0.25) is 0 Å². The Morgan fingerprint density at radius 3 is 2.44 bits per heavy atom. The fourth-order valence-electron chi connectivity index (χ4n) is 1.77. The van der Waals surface area contributed by atoms with Crippen molar-refractivity contribution in [3.8, 4) is 0 Å². The summed E-state index contributed by atoms with van der Waals surface area (Å²) in [7, 11) is 1.91. The number of nitrogens with zero attached hydrogens (tertiary/aromatic N) is 1. The van der Waals surface area contributed by atoms with Crippen LogP contribution in [0.1, 0.15) is 5.56 Å². The summed E-state index contributed by atoms with van der Waals surface area (Å²) in [5.74, 6) is -0.312. The molecule has 0 heterocycles. The minimum atomic E-state index is -0.312. The molecule has 0 saturated heterocycles. The van der Waals surface area contributed by atoms with E-state index in [2.05, 4.69) is 15.9 Å². The Morgan fingerprint density at radius 1 is 1.17 bits per heavy atom. The number of nitrogens with two attached hydrogens (primary N) is 1. The second kappa shape index (κ2) is 5.40. The minimum absolute atomic E-state index is 0.312. The van der Waals surface area contributed by atoms with E-state index in [9.17, 15) is 4.39 Å². The summed E-state index contributed by atoms with van der Waals surface area (Å²) in [4.78, 5) is 1.96. The fourth-order valence-corrected chi connectivity index (χ4v) is 2.04. The van der Waals surface area contributed by atoms with E-state index in [0.29, 0.717) is 12.2 Å². The van der Waals surface area contributed by atoms with Gasteiger partial charge >= 0.3 is 0 Å². The molecule has 0 saturated carbocycles. The van der Waals surface area contributed by atoms with E-state index in [1.54, 1.807) is 6.07 Å². The molecule has 0 bridgehead atoms. The van der Waals surface area contributed by atoms with Crippen LogP contribution in [0.4, 0.5) is 15.8 Å². The highest BCUT2D eigenvalue weighted by molar-refractivity contribution is 9.10. The van der Waals surface area contributed by atoms with Crippen LogP contribution in [-0.4, -0.2) is 7.05 Å². The Bertz CT molecular complexity index is 520. The standard InChI is InChI=1S/C14H14BrFN2/c1-18(9-10-2-4-11(15)5-3-10)14-7-12(16)6-13(17)8-14/h2-8H,9,17H2,1H3. The van der Waals surface area contributed by atoms with Gasteiger partial charge in [-0.05, 0) is 35.9 Å². The Labute approximate surface area is 114 Å². The molecule has 0 spiro atoms. The van der Waals surface area contributed by atoms with Crippen LogP contribution in [0.3, 0.4) is 0 Å². The van der Waals surface area contributed by atoms with E-state index in [1.165, 1.54) is 12.1 Å². The van der Waals surface area contributed by atoms with Gasteiger partial charge in [0.25, 0.3) is 0 Å². The minimum Gasteiger partial charge on any atom is -0.399 e. The van der Waals surface area contributed by atoms with Crippen molar-refractivity contribution >= 4 is 27.3 Å². The molecule has 2 aromatic carbocycles. The maximum atomic E-state index is 13.3. The van der Waals surface area contributed by atoms with E-state index in [4.69, 9.17) is 5.73 Å². The van der Waals surface area contributed by atoms with Gasteiger partial charge in [-0.1, -0.05) is 28.1 Å². The molecule has 0 aromatic heterocycles. The zero-order valence-corrected chi connectivity index (χ0v) is 11.6. The topological polar surface area (TPSA) is 29.3 Å². The highest BCUT2D eigenvalue weighted by atomic mass is 79.9. The number of benzene rings is 2. The fraction of sp³-hybridized carbons (Fsp3) is 0.143. The van der Waals surface area contributed by atoms with Crippen LogP contribution in [0.15, 0.2) is 46.9 Å². The predicted octanol–water partition coefficient (Wildman–Crippen LogP) is 3.81. The highest BCUT2D eigenvalue weighted by Crippen LogP contribution is 2.21. The van der Waals surface area contributed by atoms with Crippen LogP contribution in [0, 0.1) is 5.82 Å². The van der Waals surface area contributed by atoms with Crippen molar-refractivity contribution in [1.82, 2.24) is 0 Å². The molecule has 94 valence electrons. The first-order chi connectivity index (χ1) is 8.54. The van der Waals surface area contributed by atoms with Gasteiger partial charge in [0.2, 0.25) is 0 Å². The molecule has 0 aliphatic rings. The molecule has 2 rings (SSSR count). The first-order valence-electron chi connectivity index (χ1n) is 5.56. The lowest BCUT2D eigenvalue weighted by Crippen LogP contribution is -2.16. The van der Waals surface area contributed by atoms with Crippen molar-refractivity contribution in [2.24, 2.45) is 0 Å². The van der Waals surface area contributed by atoms with Crippen molar-refractivity contribution in [2.75, 3.05) is 17.7 Å². The van der Waals surface area contributed by atoms with E-state index >= 15 is 0 Å². The molecule has 2 aromatic rings. The maximum absolute atomic E-state index is 13.3. The van der Waals surface area contributed by atoms with Crippen molar-refractivity contribution in [3.63, 3.8) is 0 Å². The number of hydrogen-bond acceptors (Lipinski definition) is 2. The first kappa shape index (κ1) is 12.9. The number of hydrogen-bond donors (Lipinski definition) is 1. The molecule has 0 radical (unpaired) electrons. The average molecular weight is 309 g/mol. The number of anilines is 2. The van der Waals surface area contributed by atoms with Crippen molar-refractivity contribution in [3.05, 3.63) is 58.3 Å². The van der Waals surface area contributed by atoms with Gasteiger partial charge in [0.15, 0.2) is 0 Å². The molecule has 0 aliphatic carbocycles. The van der Waals surface area contributed by atoms with E-state index < -0.39 is 0 Å². The molecule has 2 nitrogen and oxygen atoms in total. The summed E-state index contributed by atoms with van der Waals surface area (Å²) in [6.07, 6.45) is 0. The Kier molecular flexibility index (Phi) is 3.87. The van der Waals surface area contributed by atoms with E-state index in [-0.39, 0.29) is 5.82 Å². The number of halogens is 2. The molecular formula is C14H14BrFN2. The van der Waals surface area contributed by atoms with E-state index in [1.807, 2.05) is 36.2 Å². The number of nitrogen functional groups attached to an aromatic ring is 1. The molecule has 0 fully saturated rings. The SMILES string of the molecule is CN(Cc1ccc(Br)cc1)c1cc(N)cc(F)c1. The Balaban J connectivity index is 2.16. The third kappa shape index (κ3) is 3.23. The van der Waals surface area contributed by atoms with Crippen LogP contribution < -0.4 is 10.6 Å². The molecule has 0 unspecified atom stereocenters. The molecular weight excluding hydrogens is 295 g/mol. The Hall–Kier alpha value is -1.55. The third-order valence-corrected chi connectivity index (χ3v) is 3.21. The quantitative estimate of drug-likeness (QED) is 0.874. The van der Waals surface area contributed by atoms with Crippen molar-refractivity contribution in [2.45, 2.75) is 6.54 Å². The lowest BCUT2D eigenvalue weighted by atomic mass is 10.2. The number of rotatable bonds is 3. The lowest BCUT2D eigenvalue weighted by molar-refractivity contribution is 0.628. The smallest absolute Gasteiger partial charge is 0.127 e. The maximum Gasteiger partial charge on any atom is 0.127 e. The lowest BCUT2D eigenvalue weighted by Gasteiger charge is -2.20. The second-order valence-corrected chi connectivity index (χ2v) is 5.14. The summed E-state index contributed by atoms with van der Waals surface area (Å²) in [6.45, 7) is 0.705. The van der Waals surface area contributed by atoms with Gasteiger partial charge in [-0.15, -0.1) is 0 Å². The van der Waals surface area contributed by atoms with Gasteiger partial charge in [0.05, 0.1) is 0 Å². The summed E-state index contributed by atoms with van der Waals surface area (Å²) in [5, 5.41) is 0. The van der Waals surface area contributed by atoms with Crippen LogP contribution in [0.5, 0.6) is 0 Å². The van der Waals surface area contributed by atoms with Gasteiger partial charge in [-0.2, -0.15) is 0 Å². The van der Waals surface area contributed by atoms with Gasteiger partial charge < -0.3 is 10.6 Å². The predicted molar refractivity (Wildman–Crippen MR) is 77.1 cm³/mol. The van der Waals surface area contributed by atoms with Crippen LogP contribution in [0.2, 0.25) is 0 Å². The largest absolute Gasteiger partial charge is 0.399 e. The average Bonchev–Trinajstić information content (AvgIpc) is 2.31. The van der Waals surface area contributed by atoms with Crippen LogP contribution >= 0.6 is 15.9 Å². The van der Waals surface area contributed by atoms with E-state index in [0.717, 1.165) is 15.7 Å².